The molecule has 1 heterocycles. The number of ether oxygens (including phenoxy) is 1. The Morgan fingerprint density at radius 1 is 1.57 bits per heavy atom. The second-order valence-corrected chi connectivity index (χ2v) is 2.48. The number of carbonyl (C=O) groups excluding carboxylic acids is 1. The summed E-state index contributed by atoms with van der Waals surface area (Å²) < 4.78 is 9.12. The molecule has 76 valence electrons. The van der Waals surface area contributed by atoms with Crippen molar-refractivity contribution in [2.24, 2.45) is 0 Å². The average molecular weight is 199 g/mol. The third-order valence-electron chi connectivity index (χ3n) is 1.68. The van der Waals surface area contributed by atoms with Crippen molar-refractivity contribution < 1.29 is 24.0 Å². The Kier molecular flexibility index (Phi) is 2.85. The molecule has 0 aliphatic carbocycles. The molecule has 0 amide bonds. The van der Waals surface area contributed by atoms with E-state index in [0.717, 1.165) is 0 Å². The molecule has 14 heavy (non-hydrogen) atoms. The summed E-state index contributed by atoms with van der Waals surface area (Å²) >= 11 is 0. The SMILES string of the molecule is CCc1onc(C(=O)O)c1C(=O)OC. The van der Waals surface area contributed by atoms with Crippen molar-refractivity contribution in [3.05, 3.63) is 17.0 Å². The minimum absolute atomic E-state index is 0.109. The van der Waals surface area contributed by atoms with Crippen LogP contribution in [0.2, 0.25) is 0 Å². The molecule has 0 aliphatic heterocycles. The van der Waals surface area contributed by atoms with Gasteiger partial charge in [-0.1, -0.05) is 12.1 Å². The van der Waals surface area contributed by atoms with Crippen LogP contribution in [0.3, 0.4) is 0 Å². The molecular formula is C8H9NO5. The van der Waals surface area contributed by atoms with Crippen molar-refractivity contribution in [2.75, 3.05) is 7.11 Å². The lowest BCUT2D eigenvalue weighted by Gasteiger charge is -1.97. The average Bonchev–Trinajstić information content (AvgIpc) is 2.59. The summed E-state index contributed by atoms with van der Waals surface area (Å²) in [4.78, 5) is 21.8. The topological polar surface area (TPSA) is 89.6 Å². The van der Waals surface area contributed by atoms with Gasteiger partial charge in [-0.3, -0.25) is 0 Å². The van der Waals surface area contributed by atoms with Gasteiger partial charge in [0, 0.05) is 6.42 Å². The van der Waals surface area contributed by atoms with Crippen LogP contribution in [0, 0.1) is 0 Å². The van der Waals surface area contributed by atoms with Gasteiger partial charge in [-0.25, -0.2) is 9.59 Å². The van der Waals surface area contributed by atoms with Crippen molar-refractivity contribution in [1.29, 1.82) is 0 Å². The number of carboxylic acids is 1. The van der Waals surface area contributed by atoms with Gasteiger partial charge in [0.2, 0.25) is 5.69 Å². The molecule has 6 nitrogen and oxygen atoms in total. The molecule has 0 spiro atoms. The van der Waals surface area contributed by atoms with E-state index < -0.39 is 17.6 Å². The fraction of sp³-hybridized carbons (Fsp3) is 0.375. The molecule has 1 aromatic heterocycles. The predicted octanol–water partition coefficient (Wildman–Crippen LogP) is 0.722. The number of carboxylic acid groups (broad SMARTS) is 1. The lowest BCUT2D eigenvalue weighted by molar-refractivity contribution is 0.0580. The molecule has 0 saturated carbocycles. The highest BCUT2D eigenvalue weighted by Gasteiger charge is 2.26. The first-order valence-corrected chi connectivity index (χ1v) is 3.92. The molecular weight excluding hydrogens is 190 g/mol. The Labute approximate surface area is 79.5 Å². The number of aromatic nitrogens is 1. The Balaban J connectivity index is 3.26. The number of methoxy groups -OCH3 is 1. The second kappa shape index (κ2) is 3.91. The molecule has 1 rings (SSSR count). The number of nitrogens with zero attached hydrogens (tertiary/aromatic N) is 1. The molecule has 0 unspecified atom stereocenters. The van der Waals surface area contributed by atoms with Crippen LogP contribution >= 0.6 is 0 Å². The standard InChI is InChI=1S/C8H9NO5/c1-3-4-5(8(12)13-2)6(7(10)11)9-14-4/h3H2,1-2H3,(H,10,11). The molecule has 1 aromatic rings. The van der Waals surface area contributed by atoms with Gasteiger partial charge in [0.1, 0.15) is 5.56 Å². The zero-order chi connectivity index (χ0) is 10.7. The van der Waals surface area contributed by atoms with Crippen LogP contribution < -0.4 is 0 Å². The fourth-order valence-corrected chi connectivity index (χ4v) is 1.02. The number of esters is 1. The summed E-state index contributed by atoms with van der Waals surface area (Å²) in [6, 6.07) is 0. The quantitative estimate of drug-likeness (QED) is 0.721. The molecule has 0 fully saturated rings. The van der Waals surface area contributed by atoms with Gasteiger partial charge in [-0.2, -0.15) is 0 Å². The van der Waals surface area contributed by atoms with Gasteiger partial charge < -0.3 is 14.4 Å². The van der Waals surface area contributed by atoms with E-state index in [9.17, 15) is 9.59 Å². The number of hydrogen-bond donors (Lipinski definition) is 1. The maximum Gasteiger partial charge on any atom is 0.359 e. The van der Waals surface area contributed by atoms with Gasteiger partial charge in [0.05, 0.1) is 7.11 Å². The zero-order valence-electron chi connectivity index (χ0n) is 7.73. The van der Waals surface area contributed by atoms with Gasteiger partial charge in [-0.15, -0.1) is 0 Å². The number of aryl methyl sites for hydroxylation is 1. The highest BCUT2D eigenvalue weighted by atomic mass is 16.5. The van der Waals surface area contributed by atoms with Crippen LogP contribution in [0.4, 0.5) is 0 Å². The molecule has 0 radical (unpaired) electrons. The number of rotatable bonds is 3. The van der Waals surface area contributed by atoms with Gasteiger partial charge in [-0.05, 0) is 0 Å². The van der Waals surface area contributed by atoms with Crippen LogP contribution in [0.15, 0.2) is 4.52 Å². The number of hydrogen-bond acceptors (Lipinski definition) is 5. The van der Waals surface area contributed by atoms with E-state index in [4.69, 9.17) is 9.63 Å². The van der Waals surface area contributed by atoms with Gasteiger partial charge in [0.15, 0.2) is 5.76 Å². The van der Waals surface area contributed by atoms with Crippen LogP contribution in [-0.4, -0.2) is 29.3 Å². The normalized spacial score (nSPS) is 9.86. The molecule has 0 aromatic carbocycles. The van der Waals surface area contributed by atoms with E-state index in [-0.39, 0.29) is 11.3 Å². The Bertz CT molecular complexity index is 368. The summed E-state index contributed by atoms with van der Waals surface area (Å²) in [7, 11) is 1.17. The summed E-state index contributed by atoms with van der Waals surface area (Å²) in [5.41, 5.74) is -0.517. The largest absolute Gasteiger partial charge is 0.476 e. The maximum atomic E-state index is 11.2. The van der Waals surface area contributed by atoms with Gasteiger partial charge in [0.25, 0.3) is 0 Å². The molecule has 0 aliphatic rings. The van der Waals surface area contributed by atoms with E-state index in [1.807, 2.05) is 0 Å². The molecule has 0 bridgehead atoms. The van der Waals surface area contributed by atoms with E-state index in [2.05, 4.69) is 9.89 Å². The monoisotopic (exact) mass is 199 g/mol. The first-order chi connectivity index (χ1) is 6.61. The highest BCUT2D eigenvalue weighted by molar-refractivity contribution is 6.01. The lowest BCUT2D eigenvalue weighted by atomic mass is 10.1. The third kappa shape index (κ3) is 1.59. The van der Waals surface area contributed by atoms with E-state index in [0.29, 0.717) is 6.42 Å². The molecule has 6 heteroatoms. The van der Waals surface area contributed by atoms with Crippen molar-refractivity contribution in [3.8, 4) is 0 Å². The molecule has 0 atom stereocenters. The van der Waals surface area contributed by atoms with Crippen molar-refractivity contribution in [1.82, 2.24) is 5.16 Å². The molecule has 0 saturated heterocycles. The van der Waals surface area contributed by atoms with Crippen LogP contribution in [0.1, 0.15) is 33.5 Å². The summed E-state index contributed by atoms with van der Waals surface area (Å²) in [6.07, 6.45) is 0.380. The Morgan fingerprint density at radius 2 is 2.21 bits per heavy atom. The minimum atomic E-state index is -1.31. The predicted molar refractivity (Wildman–Crippen MR) is 44.2 cm³/mol. The molecule has 1 N–H and O–H groups in total. The number of aromatic carboxylic acids is 1. The first kappa shape index (κ1) is 10.2. The Morgan fingerprint density at radius 3 is 2.64 bits per heavy atom. The van der Waals surface area contributed by atoms with Crippen LogP contribution in [-0.2, 0) is 11.2 Å². The highest BCUT2D eigenvalue weighted by Crippen LogP contribution is 2.15. The van der Waals surface area contributed by atoms with E-state index in [1.54, 1.807) is 6.92 Å². The van der Waals surface area contributed by atoms with Crippen LogP contribution in [0.25, 0.3) is 0 Å². The van der Waals surface area contributed by atoms with Crippen molar-refractivity contribution in [2.45, 2.75) is 13.3 Å². The second-order valence-electron chi connectivity index (χ2n) is 2.48. The first-order valence-electron chi connectivity index (χ1n) is 3.92. The van der Waals surface area contributed by atoms with E-state index in [1.165, 1.54) is 7.11 Å². The lowest BCUT2D eigenvalue weighted by Crippen LogP contribution is -2.10. The zero-order valence-corrected chi connectivity index (χ0v) is 7.73. The summed E-state index contributed by atoms with van der Waals surface area (Å²) in [6.45, 7) is 1.72. The van der Waals surface area contributed by atoms with Gasteiger partial charge >= 0.3 is 11.9 Å². The minimum Gasteiger partial charge on any atom is -0.476 e. The smallest absolute Gasteiger partial charge is 0.359 e. The Hall–Kier alpha value is -1.85. The van der Waals surface area contributed by atoms with Crippen molar-refractivity contribution in [3.63, 3.8) is 0 Å². The maximum absolute atomic E-state index is 11.2. The van der Waals surface area contributed by atoms with Crippen LogP contribution in [0.5, 0.6) is 0 Å². The van der Waals surface area contributed by atoms with Crippen molar-refractivity contribution >= 4 is 11.9 Å². The summed E-state index contributed by atoms with van der Waals surface area (Å²) in [5.74, 6) is -1.84. The summed E-state index contributed by atoms with van der Waals surface area (Å²) in [5, 5.41) is 12.0. The third-order valence-corrected chi connectivity index (χ3v) is 1.68. The number of carbonyl (C=O) groups is 2. The van der Waals surface area contributed by atoms with E-state index >= 15 is 0 Å². The fourth-order valence-electron chi connectivity index (χ4n) is 1.02.